The molecule has 8 heterocycles. The number of thiophene rings is 2. The van der Waals surface area contributed by atoms with Crippen molar-refractivity contribution >= 4 is 57.7 Å². The van der Waals surface area contributed by atoms with Crippen LogP contribution >= 0.6 is 22.7 Å². The lowest BCUT2D eigenvalue weighted by Crippen LogP contribution is -2.64. The van der Waals surface area contributed by atoms with Gasteiger partial charge in [-0.2, -0.15) is 0 Å². The van der Waals surface area contributed by atoms with Gasteiger partial charge in [0.2, 0.25) is 11.8 Å². The number of anilines is 2. The zero-order chi connectivity index (χ0) is 30.9. The summed E-state index contributed by atoms with van der Waals surface area (Å²) in [5.74, 6) is -0.705. The lowest BCUT2D eigenvalue weighted by molar-refractivity contribution is -0.149. The summed E-state index contributed by atoms with van der Waals surface area (Å²) in [4.78, 5) is 62.2. The van der Waals surface area contributed by atoms with Crippen LogP contribution in [0.4, 0.5) is 11.4 Å². The fraction of sp³-hybridized carbons (Fsp3) is 0.294. The molecular formula is C34H28N6O4S2. The molecule has 10 nitrogen and oxygen atoms in total. The molecule has 230 valence electrons. The lowest BCUT2D eigenvalue weighted by Gasteiger charge is -2.48. The highest BCUT2D eigenvalue weighted by Gasteiger charge is 2.78. The minimum Gasteiger partial charge on any atom is -0.364 e. The first-order chi connectivity index (χ1) is 22.4. The van der Waals surface area contributed by atoms with Gasteiger partial charge < -0.3 is 31.1 Å². The maximum atomic E-state index is 14.5. The van der Waals surface area contributed by atoms with E-state index in [0.29, 0.717) is 12.8 Å². The molecule has 46 heavy (non-hydrogen) atoms. The average molecular weight is 649 g/mol. The normalized spacial score (nSPS) is 34.9. The molecule has 4 fully saturated rings. The van der Waals surface area contributed by atoms with Crippen LogP contribution in [0.1, 0.15) is 45.8 Å². The predicted molar refractivity (Wildman–Crippen MR) is 172 cm³/mol. The van der Waals surface area contributed by atoms with E-state index in [9.17, 15) is 19.2 Å². The van der Waals surface area contributed by atoms with Crippen molar-refractivity contribution < 1.29 is 19.2 Å². The van der Waals surface area contributed by atoms with Crippen LogP contribution in [0.25, 0.3) is 0 Å². The molecule has 10 rings (SSSR count). The van der Waals surface area contributed by atoms with Gasteiger partial charge in [0.15, 0.2) is 0 Å². The van der Waals surface area contributed by atoms with E-state index >= 15 is 0 Å². The van der Waals surface area contributed by atoms with E-state index in [1.54, 1.807) is 9.80 Å². The standard InChI is InChI=1S/C34H28N6O4S2/c41-27-21-15-33(17-7-1-3-9-19(17)35-31(33)39(21)29(43)25(37-27)23-11-5-13-45-23)34-16-22-28(42)38-26(24-12-6-14-46-24)30(44)40(22)32(34)36-20-10-4-2-8-18(20)34/h1-14,21-22,25-26,31-32,35-36H,15-16H2,(H,37,41)(H,38,42)/t21-,22-,25-,26-,31+,32+,33?,34?/m0/s1. The quantitative estimate of drug-likeness (QED) is 0.270. The zero-order valence-electron chi connectivity index (χ0n) is 24.3. The Hall–Kier alpha value is -4.68. The number of fused-ring (bicyclic) bond motifs is 11. The summed E-state index contributed by atoms with van der Waals surface area (Å²) >= 11 is 2.89. The fourth-order valence-corrected chi connectivity index (χ4v) is 11.1. The molecule has 8 atom stereocenters. The topological polar surface area (TPSA) is 123 Å². The van der Waals surface area contributed by atoms with Crippen LogP contribution in [0.2, 0.25) is 0 Å². The largest absolute Gasteiger partial charge is 0.364 e. The zero-order valence-corrected chi connectivity index (χ0v) is 25.9. The molecule has 4 saturated heterocycles. The fourth-order valence-electron chi connectivity index (χ4n) is 9.58. The average Bonchev–Trinajstić information content (AvgIpc) is 3.90. The number of amides is 4. The second-order valence-corrected chi connectivity index (χ2v) is 14.9. The highest BCUT2D eigenvalue weighted by molar-refractivity contribution is 7.10. The molecule has 6 aliphatic heterocycles. The van der Waals surface area contributed by atoms with Crippen LogP contribution in [-0.4, -0.2) is 57.8 Å². The molecule has 4 N–H and O–H groups in total. The van der Waals surface area contributed by atoms with Gasteiger partial charge in [0.1, 0.15) is 36.5 Å². The molecule has 4 aromatic rings. The van der Waals surface area contributed by atoms with Crippen molar-refractivity contribution in [2.24, 2.45) is 0 Å². The Morgan fingerprint density at radius 2 is 1.00 bits per heavy atom. The number of rotatable bonds is 3. The summed E-state index contributed by atoms with van der Waals surface area (Å²) < 4.78 is 0. The second-order valence-electron chi connectivity index (χ2n) is 13.0. The number of hydrogen-bond acceptors (Lipinski definition) is 8. The van der Waals surface area contributed by atoms with Gasteiger partial charge in [0.05, 0.1) is 10.8 Å². The number of nitrogens with zero attached hydrogens (tertiary/aromatic N) is 2. The van der Waals surface area contributed by atoms with Gasteiger partial charge in [-0.3, -0.25) is 19.2 Å². The van der Waals surface area contributed by atoms with Crippen molar-refractivity contribution in [1.29, 1.82) is 0 Å². The third kappa shape index (κ3) is 3.02. The molecule has 4 amide bonds. The number of hydrogen-bond donors (Lipinski definition) is 4. The summed E-state index contributed by atoms with van der Waals surface area (Å²) in [5.41, 5.74) is 2.07. The molecular weight excluding hydrogens is 621 g/mol. The summed E-state index contributed by atoms with van der Waals surface area (Å²) in [7, 11) is 0. The molecule has 12 heteroatoms. The number of benzene rings is 2. The molecule has 2 aromatic carbocycles. The molecule has 0 saturated carbocycles. The van der Waals surface area contributed by atoms with Gasteiger partial charge in [-0.25, -0.2) is 0 Å². The van der Waals surface area contributed by atoms with Crippen LogP contribution in [-0.2, 0) is 30.0 Å². The Morgan fingerprint density at radius 1 is 0.565 bits per heavy atom. The Balaban J connectivity index is 1.20. The molecule has 0 radical (unpaired) electrons. The maximum absolute atomic E-state index is 14.5. The van der Waals surface area contributed by atoms with Gasteiger partial charge in [0.25, 0.3) is 11.8 Å². The van der Waals surface area contributed by atoms with E-state index < -0.39 is 47.3 Å². The Bertz CT molecular complexity index is 1840. The first-order valence-electron chi connectivity index (χ1n) is 15.5. The summed E-state index contributed by atoms with van der Waals surface area (Å²) in [6.45, 7) is 0. The molecule has 0 bridgehead atoms. The van der Waals surface area contributed by atoms with E-state index in [1.807, 2.05) is 71.4 Å². The molecule has 2 aromatic heterocycles. The van der Waals surface area contributed by atoms with Gasteiger partial charge >= 0.3 is 0 Å². The smallest absolute Gasteiger partial charge is 0.252 e. The maximum Gasteiger partial charge on any atom is 0.252 e. The van der Waals surface area contributed by atoms with E-state index in [1.165, 1.54) is 22.7 Å². The summed E-state index contributed by atoms with van der Waals surface area (Å²) in [6.07, 6.45) is -0.487. The van der Waals surface area contributed by atoms with Crippen molar-refractivity contribution in [3.05, 3.63) is 104 Å². The van der Waals surface area contributed by atoms with Crippen molar-refractivity contribution in [2.75, 3.05) is 10.6 Å². The van der Waals surface area contributed by atoms with E-state index in [4.69, 9.17) is 0 Å². The predicted octanol–water partition coefficient (Wildman–Crippen LogP) is 3.43. The van der Waals surface area contributed by atoms with Gasteiger partial charge in [-0.15, -0.1) is 22.7 Å². The van der Waals surface area contributed by atoms with Crippen molar-refractivity contribution in [3.8, 4) is 0 Å². The lowest BCUT2D eigenvalue weighted by atomic mass is 9.54. The van der Waals surface area contributed by atoms with Crippen LogP contribution in [0.5, 0.6) is 0 Å². The SMILES string of the molecule is O=C1N[C@@H](c2cccs2)C(=O)N2[C@H]3Nc4ccccc4C3(C34C[C@H]5C(=O)N[C@@H](c6cccs6)C(=O)N5[C@H]3Nc3ccccc34)C[C@@H]12. The Kier molecular flexibility index (Phi) is 5.18. The van der Waals surface area contributed by atoms with E-state index in [-0.39, 0.29) is 23.6 Å². The first kappa shape index (κ1) is 26.5. The number of piperazine rings is 2. The summed E-state index contributed by atoms with van der Waals surface area (Å²) in [5, 5.41) is 17.3. The highest BCUT2D eigenvalue weighted by atomic mass is 32.1. The van der Waals surface area contributed by atoms with Gasteiger partial charge in [-0.05, 0) is 59.0 Å². The van der Waals surface area contributed by atoms with Crippen LogP contribution in [0, 0.1) is 0 Å². The molecule has 2 unspecified atom stereocenters. The van der Waals surface area contributed by atoms with Crippen LogP contribution < -0.4 is 21.3 Å². The number of carbonyl (C=O) groups is 4. The Morgan fingerprint density at radius 3 is 1.41 bits per heavy atom. The van der Waals surface area contributed by atoms with Gasteiger partial charge in [-0.1, -0.05) is 48.5 Å². The van der Waals surface area contributed by atoms with E-state index in [2.05, 4.69) is 33.4 Å². The number of para-hydroxylation sites is 2. The minimum atomic E-state index is -0.855. The number of carbonyl (C=O) groups excluding carboxylic acids is 4. The summed E-state index contributed by atoms with van der Waals surface area (Å²) in [6, 6.07) is 20.6. The molecule has 6 aliphatic rings. The van der Waals surface area contributed by atoms with Crippen molar-refractivity contribution in [1.82, 2.24) is 20.4 Å². The van der Waals surface area contributed by atoms with Crippen molar-refractivity contribution in [2.45, 2.75) is 60.2 Å². The monoisotopic (exact) mass is 648 g/mol. The first-order valence-corrected chi connectivity index (χ1v) is 17.2. The third-order valence-electron chi connectivity index (χ3n) is 11.2. The van der Waals surface area contributed by atoms with E-state index in [0.717, 1.165) is 32.3 Å². The molecule has 0 spiro atoms. The molecule has 0 aliphatic carbocycles. The van der Waals surface area contributed by atoms with Crippen LogP contribution in [0.15, 0.2) is 83.6 Å². The highest BCUT2D eigenvalue weighted by Crippen LogP contribution is 2.69. The van der Waals surface area contributed by atoms with Gasteiger partial charge in [0, 0.05) is 21.1 Å². The second kappa shape index (κ2) is 8.98. The van der Waals surface area contributed by atoms with Crippen LogP contribution in [0.3, 0.4) is 0 Å². The number of nitrogens with one attached hydrogen (secondary N) is 4. The Labute approximate surface area is 271 Å². The third-order valence-corrected chi connectivity index (χ3v) is 13.1. The minimum absolute atomic E-state index is 0.159. The van der Waals surface area contributed by atoms with Crippen molar-refractivity contribution in [3.63, 3.8) is 0 Å².